The summed E-state index contributed by atoms with van der Waals surface area (Å²) in [5, 5.41) is 6.62. The van der Waals surface area contributed by atoms with Crippen LogP contribution in [-0.2, 0) is 11.3 Å². The van der Waals surface area contributed by atoms with Crippen molar-refractivity contribution in [2.45, 2.75) is 51.1 Å². The average Bonchev–Trinajstić information content (AvgIpc) is 2.57. The zero-order valence-corrected chi connectivity index (χ0v) is 15.5. The maximum Gasteiger partial charge on any atom is 0.234 e. The molecule has 1 aromatic carbocycles. The Morgan fingerprint density at radius 1 is 1.21 bits per heavy atom. The molecule has 1 saturated carbocycles. The molecule has 0 unspecified atom stereocenters. The molecule has 1 aliphatic heterocycles. The minimum absolute atomic E-state index is 0. The molecule has 1 aliphatic carbocycles. The number of carbonyl (C=O) groups is 1. The minimum Gasteiger partial charge on any atom is -0.351 e. The van der Waals surface area contributed by atoms with Gasteiger partial charge >= 0.3 is 0 Å². The average molecular weight is 352 g/mol. The van der Waals surface area contributed by atoms with Crippen molar-refractivity contribution in [1.82, 2.24) is 15.5 Å². The van der Waals surface area contributed by atoms with Crippen LogP contribution in [0.5, 0.6) is 0 Å². The molecule has 1 saturated heterocycles. The molecule has 24 heavy (non-hydrogen) atoms. The van der Waals surface area contributed by atoms with E-state index >= 15 is 0 Å². The van der Waals surface area contributed by atoms with E-state index < -0.39 is 0 Å². The number of halogens is 1. The summed E-state index contributed by atoms with van der Waals surface area (Å²) in [7, 11) is 0. The number of aryl methyl sites for hydroxylation is 1. The zero-order chi connectivity index (χ0) is 16.1. The van der Waals surface area contributed by atoms with Crippen molar-refractivity contribution in [3.63, 3.8) is 0 Å². The molecule has 0 bridgehead atoms. The van der Waals surface area contributed by atoms with Crippen LogP contribution in [0.2, 0.25) is 0 Å². The monoisotopic (exact) mass is 351 g/mol. The van der Waals surface area contributed by atoms with Gasteiger partial charge in [-0.05, 0) is 25.3 Å². The number of nitrogens with zero attached hydrogens (tertiary/aromatic N) is 1. The van der Waals surface area contributed by atoms with Crippen molar-refractivity contribution >= 4 is 18.3 Å². The molecule has 0 aromatic heterocycles. The van der Waals surface area contributed by atoms with E-state index in [-0.39, 0.29) is 23.9 Å². The minimum atomic E-state index is 0. The fraction of sp³-hybridized carbons (Fsp3) is 0.632. The van der Waals surface area contributed by atoms with Crippen LogP contribution in [0.15, 0.2) is 24.3 Å². The number of piperazine rings is 1. The van der Waals surface area contributed by atoms with Gasteiger partial charge in [-0.25, -0.2) is 0 Å². The SMILES string of the molecule is Cc1ccc(CNC(=O)CN2CCNCC23CCCCC3)cc1.Cl. The third kappa shape index (κ3) is 4.71. The lowest BCUT2D eigenvalue weighted by Gasteiger charge is -2.49. The van der Waals surface area contributed by atoms with Crippen molar-refractivity contribution in [3.8, 4) is 0 Å². The third-order valence-electron chi connectivity index (χ3n) is 5.41. The van der Waals surface area contributed by atoms with E-state index in [9.17, 15) is 4.79 Å². The number of nitrogens with one attached hydrogen (secondary N) is 2. The van der Waals surface area contributed by atoms with Crippen molar-refractivity contribution in [2.24, 2.45) is 0 Å². The van der Waals surface area contributed by atoms with Crippen LogP contribution >= 0.6 is 12.4 Å². The van der Waals surface area contributed by atoms with Crippen molar-refractivity contribution in [3.05, 3.63) is 35.4 Å². The summed E-state index contributed by atoms with van der Waals surface area (Å²) < 4.78 is 0. The van der Waals surface area contributed by atoms with Crippen LogP contribution in [0.25, 0.3) is 0 Å². The van der Waals surface area contributed by atoms with Gasteiger partial charge in [0.25, 0.3) is 0 Å². The summed E-state index contributed by atoms with van der Waals surface area (Å²) in [5.41, 5.74) is 2.63. The molecule has 5 heteroatoms. The molecule has 0 radical (unpaired) electrons. The maximum absolute atomic E-state index is 12.4. The highest BCUT2D eigenvalue weighted by Crippen LogP contribution is 2.34. The van der Waals surface area contributed by atoms with E-state index in [1.807, 2.05) is 0 Å². The number of benzene rings is 1. The summed E-state index contributed by atoms with van der Waals surface area (Å²) in [6.45, 7) is 6.26. The quantitative estimate of drug-likeness (QED) is 0.876. The summed E-state index contributed by atoms with van der Waals surface area (Å²) in [6.07, 6.45) is 6.39. The van der Waals surface area contributed by atoms with Gasteiger partial charge in [-0.3, -0.25) is 9.69 Å². The Labute approximate surface area is 151 Å². The van der Waals surface area contributed by atoms with Gasteiger partial charge in [0.15, 0.2) is 0 Å². The first kappa shape index (κ1) is 19.2. The topological polar surface area (TPSA) is 44.4 Å². The van der Waals surface area contributed by atoms with Crippen molar-refractivity contribution in [1.29, 1.82) is 0 Å². The van der Waals surface area contributed by atoms with Crippen LogP contribution in [0.4, 0.5) is 0 Å². The molecular weight excluding hydrogens is 322 g/mol. The highest BCUT2D eigenvalue weighted by atomic mass is 35.5. The fourth-order valence-electron chi connectivity index (χ4n) is 3.97. The first-order valence-corrected chi connectivity index (χ1v) is 8.96. The lowest BCUT2D eigenvalue weighted by Crippen LogP contribution is -2.63. The normalized spacial score (nSPS) is 20.4. The van der Waals surface area contributed by atoms with Gasteiger partial charge in [0.2, 0.25) is 5.91 Å². The molecule has 2 fully saturated rings. The first-order valence-electron chi connectivity index (χ1n) is 8.96. The predicted molar refractivity (Wildman–Crippen MR) is 101 cm³/mol. The predicted octanol–water partition coefficient (Wildman–Crippen LogP) is 2.64. The maximum atomic E-state index is 12.4. The van der Waals surface area contributed by atoms with Gasteiger partial charge in [0.05, 0.1) is 6.54 Å². The fourth-order valence-corrected chi connectivity index (χ4v) is 3.97. The Kier molecular flexibility index (Phi) is 7.08. The highest BCUT2D eigenvalue weighted by molar-refractivity contribution is 5.85. The molecule has 1 spiro atoms. The van der Waals surface area contributed by atoms with Crippen LogP contribution < -0.4 is 10.6 Å². The Hall–Kier alpha value is -1.10. The second kappa shape index (κ2) is 8.84. The second-order valence-corrected chi connectivity index (χ2v) is 7.15. The summed E-state index contributed by atoms with van der Waals surface area (Å²) in [4.78, 5) is 14.8. The van der Waals surface area contributed by atoms with Gasteiger partial charge in [0, 0.05) is 31.7 Å². The second-order valence-electron chi connectivity index (χ2n) is 7.15. The van der Waals surface area contributed by atoms with E-state index in [1.54, 1.807) is 0 Å². The molecule has 134 valence electrons. The molecule has 2 aliphatic rings. The van der Waals surface area contributed by atoms with E-state index in [4.69, 9.17) is 0 Å². The van der Waals surface area contributed by atoms with Gasteiger partial charge < -0.3 is 10.6 Å². The summed E-state index contributed by atoms with van der Waals surface area (Å²) >= 11 is 0. The highest BCUT2D eigenvalue weighted by Gasteiger charge is 2.40. The van der Waals surface area contributed by atoms with Gasteiger partial charge in [-0.1, -0.05) is 49.1 Å². The van der Waals surface area contributed by atoms with Crippen LogP contribution in [-0.4, -0.2) is 42.5 Å². The number of rotatable bonds is 4. The Balaban J connectivity index is 0.00000208. The van der Waals surface area contributed by atoms with E-state index in [2.05, 4.69) is 46.7 Å². The van der Waals surface area contributed by atoms with Crippen molar-refractivity contribution in [2.75, 3.05) is 26.2 Å². The standard InChI is InChI=1S/C19H29N3O.ClH/c1-16-5-7-17(8-6-16)13-21-18(23)14-22-12-11-20-15-19(22)9-3-2-4-10-19;/h5-8,20H,2-4,9-15H2,1H3,(H,21,23);1H. The lowest BCUT2D eigenvalue weighted by molar-refractivity contribution is -0.125. The Morgan fingerprint density at radius 2 is 1.92 bits per heavy atom. The molecule has 3 rings (SSSR count). The molecule has 1 amide bonds. The number of carbonyl (C=O) groups excluding carboxylic acids is 1. The lowest BCUT2D eigenvalue weighted by atomic mass is 9.79. The molecule has 4 nitrogen and oxygen atoms in total. The number of amides is 1. The summed E-state index contributed by atoms with van der Waals surface area (Å²) in [5.74, 6) is 0.150. The molecule has 1 heterocycles. The molecular formula is C19H30ClN3O. The zero-order valence-electron chi connectivity index (χ0n) is 14.6. The molecule has 1 aromatic rings. The number of hydrogen-bond donors (Lipinski definition) is 2. The first-order chi connectivity index (χ1) is 11.2. The van der Waals surface area contributed by atoms with Crippen molar-refractivity contribution < 1.29 is 4.79 Å². The van der Waals surface area contributed by atoms with Crippen LogP contribution in [0.1, 0.15) is 43.2 Å². The molecule has 0 atom stereocenters. The van der Waals surface area contributed by atoms with Gasteiger partial charge in [-0.2, -0.15) is 0 Å². The third-order valence-corrected chi connectivity index (χ3v) is 5.41. The Bertz CT molecular complexity index is 518. The smallest absolute Gasteiger partial charge is 0.234 e. The van der Waals surface area contributed by atoms with Gasteiger partial charge in [0.1, 0.15) is 0 Å². The van der Waals surface area contributed by atoms with E-state index in [1.165, 1.54) is 37.7 Å². The largest absolute Gasteiger partial charge is 0.351 e. The van der Waals surface area contributed by atoms with E-state index in [0.717, 1.165) is 25.2 Å². The molecule has 2 N–H and O–H groups in total. The van der Waals surface area contributed by atoms with E-state index in [0.29, 0.717) is 13.1 Å². The summed E-state index contributed by atoms with van der Waals surface area (Å²) in [6, 6.07) is 8.36. The van der Waals surface area contributed by atoms with Gasteiger partial charge in [-0.15, -0.1) is 12.4 Å². The number of hydrogen-bond acceptors (Lipinski definition) is 3. The van der Waals surface area contributed by atoms with Crippen LogP contribution in [0.3, 0.4) is 0 Å². The van der Waals surface area contributed by atoms with Crippen LogP contribution in [0, 0.1) is 6.92 Å². The Morgan fingerprint density at radius 3 is 2.62 bits per heavy atom.